The van der Waals surface area contributed by atoms with Crippen LogP contribution in [0.25, 0.3) is 0 Å². The summed E-state index contributed by atoms with van der Waals surface area (Å²) in [5.41, 5.74) is 1.08. The second kappa shape index (κ2) is 3.72. The van der Waals surface area contributed by atoms with Gasteiger partial charge in [0.15, 0.2) is 0 Å². The van der Waals surface area contributed by atoms with Gasteiger partial charge in [-0.3, -0.25) is 0 Å². The number of hydrogen-bond acceptors (Lipinski definition) is 1. The van der Waals surface area contributed by atoms with Crippen molar-refractivity contribution in [2.75, 3.05) is 0 Å². The first-order valence-corrected chi connectivity index (χ1v) is 4.23. The molecule has 0 aliphatic heterocycles. The predicted molar refractivity (Wildman–Crippen MR) is 47.3 cm³/mol. The third-order valence-electron chi connectivity index (χ3n) is 2.22. The molecule has 2 unspecified atom stereocenters. The maximum absolute atomic E-state index is 9.50. The molecule has 62 valence electrons. The average molecular weight is 152 g/mol. The van der Waals surface area contributed by atoms with E-state index in [1.165, 1.54) is 0 Å². The lowest BCUT2D eigenvalue weighted by molar-refractivity contribution is 0.192. The first kappa shape index (κ1) is 8.54. The van der Waals surface area contributed by atoms with Gasteiger partial charge in [0.2, 0.25) is 0 Å². The molecular formula is C10H16O. The van der Waals surface area contributed by atoms with Gasteiger partial charge in [-0.2, -0.15) is 0 Å². The van der Waals surface area contributed by atoms with Crippen LogP contribution in [-0.2, 0) is 0 Å². The Morgan fingerprint density at radius 2 is 2.18 bits per heavy atom. The Bertz CT molecular complexity index is 179. The summed E-state index contributed by atoms with van der Waals surface area (Å²) >= 11 is 0. The average Bonchev–Trinajstić information content (AvgIpc) is 1.98. The molecule has 1 heteroatoms. The summed E-state index contributed by atoms with van der Waals surface area (Å²) < 4.78 is 0. The monoisotopic (exact) mass is 152 g/mol. The van der Waals surface area contributed by atoms with Crippen molar-refractivity contribution in [1.82, 2.24) is 0 Å². The topological polar surface area (TPSA) is 20.2 Å². The van der Waals surface area contributed by atoms with E-state index in [-0.39, 0.29) is 6.10 Å². The third kappa shape index (κ3) is 2.51. The Morgan fingerprint density at radius 3 is 2.91 bits per heavy atom. The van der Waals surface area contributed by atoms with E-state index in [4.69, 9.17) is 0 Å². The number of aliphatic hydroxyl groups excluding tert-OH is 1. The Morgan fingerprint density at radius 1 is 1.45 bits per heavy atom. The molecule has 1 nitrogen and oxygen atoms in total. The zero-order chi connectivity index (χ0) is 8.27. The van der Waals surface area contributed by atoms with Gasteiger partial charge in [-0.15, -0.1) is 0 Å². The zero-order valence-electron chi connectivity index (χ0n) is 7.25. The van der Waals surface area contributed by atoms with Gasteiger partial charge < -0.3 is 5.11 Å². The molecule has 2 atom stereocenters. The van der Waals surface area contributed by atoms with E-state index in [0.29, 0.717) is 5.92 Å². The summed E-state index contributed by atoms with van der Waals surface area (Å²) in [7, 11) is 0. The minimum absolute atomic E-state index is 0.220. The molecule has 0 radical (unpaired) electrons. The van der Waals surface area contributed by atoms with Crippen LogP contribution < -0.4 is 0 Å². The highest BCUT2D eigenvalue weighted by atomic mass is 16.3. The summed E-state index contributed by atoms with van der Waals surface area (Å²) in [5, 5.41) is 9.50. The standard InChI is InChI=1S/C10H16O/c1-8-4-3-5-9(2)10(11)7-6-8/h3-5,8,10-11H,6-7H2,1-2H3/b4-3-,9-5-. The summed E-state index contributed by atoms with van der Waals surface area (Å²) in [6.07, 6.45) is 8.00. The van der Waals surface area contributed by atoms with Crippen LogP contribution in [0.5, 0.6) is 0 Å². The van der Waals surface area contributed by atoms with Gasteiger partial charge in [0.25, 0.3) is 0 Å². The number of hydrogen-bond donors (Lipinski definition) is 1. The number of allylic oxidation sites excluding steroid dienone is 3. The predicted octanol–water partition coefficient (Wildman–Crippen LogP) is 2.28. The summed E-state index contributed by atoms with van der Waals surface area (Å²) in [4.78, 5) is 0. The van der Waals surface area contributed by atoms with Crippen LogP contribution in [0.15, 0.2) is 23.8 Å². The van der Waals surface area contributed by atoms with Crippen molar-refractivity contribution >= 4 is 0 Å². The molecule has 1 rings (SSSR count). The molecule has 11 heavy (non-hydrogen) atoms. The summed E-state index contributed by atoms with van der Waals surface area (Å²) in [5.74, 6) is 0.606. The maximum Gasteiger partial charge on any atom is 0.0750 e. The lowest BCUT2D eigenvalue weighted by Crippen LogP contribution is -2.10. The van der Waals surface area contributed by atoms with Crippen LogP contribution in [0.3, 0.4) is 0 Å². The Hall–Kier alpha value is -0.560. The first-order chi connectivity index (χ1) is 5.20. The quantitative estimate of drug-likeness (QED) is 0.564. The highest BCUT2D eigenvalue weighted by molar-refractivity contribution is 5.16. The van der Waals surface area contributed by atoms with E-state index in [9.17, 15) is 5.11 Å². The van der Waals surface area contributed by atoms with E-state index in [0.717, 1.165) is 18.4 Å². The first-order valence-electron chi connectivity index (χ1n) is 4.23. The van der Waals surface area contributed by atoms with Gasteiger partial charge in [0.05, 0.1) is 6.10 Å². The molecule has 1 N–H and O–H groups in total. The molecule has 0 amide bonds. The SMILES string of the molecule is C/C1=C/C=C\C(C)CCC1O. The highest BCUT2D eigenvalue weighted by Gasteiger charge is 2.09. The van der Waals surface area contributed by atoms with Crippen LogP contribution in [0.1, 0.15) is 26.7 Å². The maximum atomic E-state index is 9.50. The van der Waals surface area contributed by atoms with Crippen molar-refractivity contribution in [3.05, 3.63) is 23.8 Å². The number of aliphatic hydroxyl groups is 1. The summed E-state index contributed by atoms with van der Waals surface area (Å²) in [6, 6.07) is 0. The van der Waals surface area contributed by atoms with Crippen LogP contribution in [-0.4, -0.2) is 11.2 Å². The second-order valence-electron chi connectivity index (χ2n) is 3.37. The Kier molecular flexibility index (Phi) is 2.89. The van der Waals surface area contributed by atoms with Crippen LogP contribution in [0.2, 0.25) is 0 Å². The molecule has 0 saturated heterocycles. The van der Waals surface area contributed by atoms with Crippen molar-refractivity contribution < 1.29 is 5.11 Å². The van der Waals surface area contributed by atoms with Gasteiger partial charge >= 0.3 is 0 Å². The molecule has 0 heterocycles. The zero-order valence-corrected chi connectivity index (χ0v) is 7.25. The molecule has 0 aromatic rings. The van der Waals surface area contributed by atoms with E-state index >= 15 is 0 Å². The fourth-order valence-electron chi connectivity index (χ4n) is 1.25. The number of rotatable bonds is 0. The van der Waals surface area contributed by atoms with Gasteiger partial charge in [0.1, 0.15) is 0 Å². The van der Waals surface area contributed by atoms with E-state index in [2.05, 4.69) is 13.0 Å². The molecule has 1 aliphatic carbocycles. The van der Waals surface area contributed by atoms with Gasteiger partial charge in [-0.1, -0.05) is 25.2 Å². The fourth-order valence-corrected chi connectivity index (χ4v) is 1.25. The lowest BCUT2D eigenvalue weighted by Gasteiger charge is -2.15. The molecule has 0 fully saturated rings. The van der Waals surface area contributed by atoms with Crippen LogP contribution >= 0.6 is 0 Å². The normalized spacial score (nSPS) is 40.1. The van der Waals surface area contributed by atoms with Crippen LogP contribution in [0.4, 0.5) is 0 Å². The van der Waals surface area contributed by atoms with E-state index < -0.39 is 0 Å². The lowest BCUT2D eigenvalue weighted by atomic mass is 9.96. The van der Waals surface area contributed by atoms with Gasteiger partial charge in [0, 0.05) is 0 Å². The van der Waals surface area contributed by atoms with Crippen molar-refractivity contribution in [3.63, 3.8) is 0 Å². The molecule has 0 aromatic heterocycles. The molecule has 0 aromatic carbocycles. The highest BCUT2D eigenvalue weighted by Crippen LogP contribution is 2.16. The van der Waals surface area contributed by atoms with Crippen molar-refractivity contribution in [1.29, 1.82) is 0 Å². The van der Waals surface area contributed by atoms with Gasteiger partial charge in [-0.25, -0.2) is 0 Å². The minimum atomic E-state index is -0.220. The van der Waals surface area contributed by atoms with Crippen molar-refractivity contribution in [2.24, 2.45) is 5.92 Å². The van der Waals surface area contributed by atoms with Crippen molar-refractivity contribution in [3.8, 4) is 0 Å². The smallest absolute Gasteiger partial charge is 0.0750 e. The fraction of sp³-hybridized carbons (Fsp3) is 0.600. The third-order valence-corrected chi connectivity index (χ3v) is 2.22. The molecule has 1 aliphatic rings. The van der Waals surface area contributed by atoms with E-state index in [1.54, 1.807) is 0 Å². The van der Waals surface area contributed by atoms with Gasteiger partial charge in [-0.05, 0) is 31.3 Å². The minimum Gasteiger partial charge on any atom is -0.389 e. The Labute approximate surface area is 68.4 Å². The van der Waals surface area contributed by atoms with Crippen LogP contribution in [0, 0.1) is 5.92 Å². The molecule has 0 bridgehead atoms. The summed E-state index contributed by atoms with van der Waals surface area (Å²) in [6.45, 7) is 4.16. The second-order valence-corrected chi connectivity index (χ2v) is 3.37. The largest absolute Gasteiger partial charge is 0.389 e. The van der Waals surface area contributed by atoms with Crippen molar-refractivity contribution in [2.45, 2.75) is 32.8 Å². The molecule has 0 spiro atoms. The molecule has 0 saturated carbocycles. The molecular weight excluding hydrogens is 136 g/mol. The Balaban J connectivity index is 2.67. The van der Waals surface area contributed by atoms with E-state index in [1.807, 2.05) is 19.1 Å².